The van der Waals surface area contributed by atoms with Gasteiger partial charge in [-0.05, 0) is 37.5 Å². The quantitative estimate of drug-likeness (QED) is 0.757. The van der Waals surface area contributed by atoms with Crippen LogP contribution in [0.5, 0.6) is 0 Å². The van der Waals surface area contributed by atoms with Gasteiger partial charge in [0.1, 0.15) is 0 Å². The van der Waals surface area contributed by atoms with Crippen LogP contribution in [0.25, 0.3) is 5.70 Å². The van der Waals surface area contributed by atoms with E-state index in [9.17, 15) is 0 Å². The summed E-state index contributed by atoms with van der Waals surface area (Å²) in [7, 11) is 2.14. The Bertz CT molecular complexity index is 562. The zero-order chi connectivity index (χ0) is 13.8. The molecule has 0 aromatic heterocycles. The fourth-order valence-corrected chi connectivity index (χ4v) is 2.62. The van der Waals surface area contributed by atoms with Crippen molar-refractivity contribution in [2.45, 2.75) is 20.8 Å². The highest BCUT2D eigenvalue weighted by Gasteiger charge is 2.12. The number of benzene rings is 2. The number of anilines is 1. The molecule has 19 heavy (non-hydrogen) atoms. The maximum atomic E-state index is 2.28. The van der Waals surface area contributed by atoms with E-state index in [1.54, 1.807) is 0 Å². The summed E-state index contributed by atoms with van der Waals surface area (Å²) in [6.45, 7) is 6.42. The lowest BCUT2D eigenvalue weighted by molar-refractivity contribution is 1.16. The van der Waals surface area contributed by atoms with Gasteiger partial charge in [0.15, 0.2) is 0 Å². The van der Waals surface area contributed by atoms with Crippen LogP contribution < -0.4 is 4.90 Å². The average Bonchev–Trinajstić information content (AvgIpc) is 2.40. The van der Waals surface area contributed by atoms with Crippen LogP contribution >= 0.6 is 0 Å². The van der Waals surface area contributed by atoms with Crippen LogP contribution in [0.15, 0.2) is 54.6 Å². The van der Waals surface area contributed by atoms with Gasteiger partial charge >= 0.3 is 0 Å². The van der Waals surface area contributed by atoms with E-state index in [2.05, 4.69) is 87.3 Å². The number of allylic oxidation sites excluding steroid dienone is 1. The molecule has 0 radical (unpaired) electrons. The van der Waals surface area contributed by atoms with Crippen molar-refractivity contribution in [3.8, 4) is 0 Å². The van der Waals surface area contributed by atoms with Gasteiger partial charge in [-0.3, -0.25) is 0 Å². The normalized spacial score (nSPS) is 11.5. The highest BCUT2D eigenvalue weighted by atomic mass is 15.1. The zero-order valence-electron chi connectivity index (χ0n) is 12.1. The standard InChI is InChI=1S/C18H21N/c1-5-17(16-12-7-6-8-13-16)19(4)18-14(2)10-9-11-15(18)3/h5-13H,1-4H3/b17-5-. The molecular formula is C18H21N. The summed E-state index contributed by atoms with van der Waals surface area (Å²) >= 11 is 0. The summed E-state index contributed by atoms with van der Waals surface area (Å²) in [5.74, 6) is 0. The highest BCUT2D eigenvalue weighted by Crippen LogP contribution is 2.30. The first kappa shape index (κ1) is 13.4. The molecule has 0 atom stereocenters. The van der Waals surface area contributed by atoms with Gasteiger partial charge in [0.25, 0.3) is 0 Å². The molecule has 0 aliphatic carbocycles. The molecule has 0 aliphatic rings. The van der Waals surface area contributed by atoms with Crippen LogP contribution in [0.1, 0.15) is 23.6 Å². The van der Waals surface area contributed by atoms with Crippen molar-refractivity contribution in [2.75, 3.05) is 11.9 Å². The Kier molecular flexibility index (Phi) is 4.06. The number of hydrogen-bond acceptors (Lipinski definition) is 1. The third-order valence-corrected chi connectivity index (χ3v) is 3.48. The fourth-order valence-electron chi connectivity index (χ4n) is 2.62. The van der Waals surface area contributed by atoms with Gasteiger partial charge in [-0.15, -0.1) is 0 Å². The van der Waals surface area contributed by atoms with E-state index in [1.807, 2.05) is 0 Å². The van der Waals surface area contributed by atoms with Crippen molar-refractivity contribution >= 4 is 11.4 Å². The minimum atomic E-state index is 1.23. The molecule has 98 valence electrons. The molecule has 0 saturated carbocycles. The van der Waals surface area contributed by atoms with E-state index in [1.165, 1.54) is 28.1 Å². The van der Waals surface area contributed by atoms with Crippen molar-refractivity contribution in [3.05, 3.63) is 71.3 Å². The number of aryl methyl sites for hydroxylation is 2. The molecule has 2 rings (SSSR count). The molecule has 0 saturated heterocycles. The maximum Gasteiger partial charge on any atom is 0.0467 e. The van der Waals surface area contributed by atoms with E-state index < -0.39 is 0 Å². The minimum Gasteiger partial charge on any atom is -0.344 e. The Morgan fingerprint density at radius 2 is 1.47 bits per heavy atom. The van der Waals surface area contributed by atoms with Crippen LogP contribution in [0.3, 0.4) is 0 Å². The fraction of sp³-hybridized carbons (Fsp3) is 0.222. The van der Waals surface area contributed by atoms with Gasteiger partial charge in [0, 0.05) is 18.4 Å². The van der Waals surface area contributed by atoms with Gasteiger partial charge in [-0.25, -0.2) is 0 Å². The monoisotopic (exact) mass is 251 g/mol. The maximum absolute atomic E-state index is 2.28. The Hall–Kier alpha value is -2.02. The van der Waals surface area contributed by atoms with Gasteiger partial charge in [0.05, 0.1) is 0 Å². The summed E-state index contributed by atoms with van der Waals surface area (Å²) in [5.41, 5.74) is 6.38. The van der Waals surface area contributed by atoms with Crippen LogP contribution in [-0.2, 0) is 0 Å². The van der Waals surface area contributed by atoms with Crippen LogP contribution in [-0.4, -0.2) is 7.05 Å². The van der Waals surface area contributed by atoms with E-state index in [-0.39, 0.29) is 0 Å². The molecule has 1 nitrogen and oxygen atoms in total. The minimum absolute atomic E-state index is 1.23. The first-order valence-corrected chi connectivity index (χ1v) is 6.67. The Morgan fingerprint density at radius 3 is 2.00 bits per heavy atom. The van der Waals surface area contributed by atoms with Gasteiger partial charge < -0.3 is 4.90 Å². The van der Waals surface area contributed by atoms with Crippen molar-refractivity contribution in [1.82, 2.24) is 0 Å². The first-order chi connectivity index (χ1) is 9.15. The summed E-state index contributed by atoms with van der Waals surface area (Å²) in [6, 6.07) is 17.0. The van der Waals surface area contributed by atoms with E-state index in [4.69, 9.17) is 0 Å². The summed E-state index contributed by atoms with van der Waals surface area (Å²) < 4.78 is 0. The second kappa shape index (κ2) is 5.75. The topological polar surface area (TPSA) is 3.24 Å². The molecule has 0 bridgehead atoms. The van der Waals surface area contributed by atoms with Crippen LogP contribution in [0.4, 0.5) is 5.69 Å². The zero-order valence-corrected chi connectivity index (χ0v) is 12.1. The summed E-state index contributed by atoms with van der Waals surface area (Å²) in [4.78, 5) is 2.28. The molecule has 0 aliphatic heterocycles. The van der Waals surface area contributed by atoms with E-state index in [0.29, 0.717) is 0 Å². The van der Waals surface area contributed by atoms with Gasteiger partial charge in [0.2, 0.25) is 0 Å². The predicted octanol–water partition coefficient (Wildman–Crippen LogP) is 4.80. The molecule has 1 heteroatoms. The molecule has 0 fully saturated rings. The molecule has 2 aromatic carbocycles. The predicted molar refractivity (Wildman–Crippen MR) is 84.4 cm³/mol. The average molecular weight is 251 g/mol. The lowest BCUT2D eigenvalue weighted by Crippen LogP contribution is -2.17. The lowest BCUT2D eigenvalue weighted by atomic mass is 10.1. The molecule has 0 heterocycles. The smallest absolute Gasteiger partial charge is 0.0467 e. The van der Waals surface area contributed by atoms with Crippen molar-refractivity contribution < 1.29 is 0 Å². The van der Waals surface area contributed by atoms with Gasteiger partial charge in [-0.1, -0.05) is 54.6 Å². The highest BCUT2D eigenvalue weighted by molar-refractivity contribution is 5.81. The first-order valence-electron chi connectivity index (χ1n) is 6.67. The number of para-hydroxylation sites is 1. The summed E-state index contributed by atoms with van der Waals surface area (Å²) in [6.07, 6.45) is 2.17. The second-order valence-corrected chi connectivity index (χ2v) is 4.84. The van der Waals surface area contributed by atoms with Crippen LogP contribution in [0, 0.1) is 13.8 Å². The van der Waals surface area contributed by atoms with Crippen LogP contribution in [0.2, 0.25) is 0 Å². The third-order valence-electron chi connectivity index (χ3n) is 3.48. The van der Waals surface area contributed by atoms with Crippen molar-refractivity contribution in [2.24, 2.45) is 0 Å². The SMILES string of the molecule is C/C=C(/c1ccccc1)N(C)c1c(C)cccc1C. The van der Waals surface area contributed by atoms with Gasteiger partial charge in [-0.2, -0.15) is 0 Å². The number of nitrogens with zero attached hydrogens (tertiary/aromatic N) is 1. The number of hydrogen-bond donors (Lipinski definition) is 0. The molecule has 0 N–H and O–H groups in total. The molecule has 0 unspecified atom stereocenters. The molecule has 0 amide bonds. The van der Waals surface area contributed by atoms with Crippen molar-refractivity contribution in [1.29, 1.82) is 0 Å². The van der Waals surface area contributed by atoms with E-state index in [0.717, 1.165) is 0 Å². The Labute approximate surface area is 116 Å². The lowest BCUT2D eigenvalue weighted by Gasteiger charge is -2.26. The molecule has 2 aromatic rings. The second-order valence-electron chi connectivity index (χ2n) is 4.84. The van der Waals surface area contributed by atoms with E-state index >= 15 is 0 Å². The third kappa shape index (κ3) is 2.70. The Morgan fingerprint density at radius 1 is 0.895 bits per heavy atom. The molecular weight excluding hydrogens is 230 g/mol. The Balaban J connectivity index is 2.46. The summed E-state index contributed by atoms with van der Waals surface area (Å²) in [5, 5.41) is 0. The molecule has 0 spiro atoms. The number of rotatable bonds is 3. The largest absolute Gasteiger partial charge is 0.344 e. The van der Waals surface area contributed by atoms with Crippen molar-refractivity contribution in [3.63, 3.8) is 0 Å².